The molecule has 0 saturated heterocycles. The summed E-state index contributed by atoms with van der Waals surface area (Å²) in [5, 5.41) is 6.03. The fourth-order valence-electron chi connectivity index (χ4n) is 3.12. The third-order valence-electron chi connectivity index (χ3n) is 4.41. The largest absolute Gasteiger partial charge is 0.268 e. The second kappa shape index (κ2) is 8.32. The Labute approximate surface area is 196 Å². The number of rotatable bonds is 4. The van der Waals surface area contributed by atoms with Crippen LogP contribution < -0.4 is 4.72 Å². The quantitative estimate of drug-likeness (QED) is 0.420. The number of aromatic nitrogens is 3. The van der Waals surface area contributed by atoms with Crippen LogP contribution in [0.25, 0.3) is 27.8 Å². The lowest BCUT2D eigenvalue weighted by Gasteiger charge is -2.10. The lowest BCUT2D eigenvalue weighted by atomic mass is 10.1. The van der Waals surface area contributed by atoms with Crippen molar-refractivity contribution >= 4 is 61.6 Å². The SMILES string of the molecule is CS(=O)(=O)NC(=O)c1cc(Cl)c(-n2nc(-c3cncc(Cl)c3)c3cc(Cl)ccc32)cc1F. The molecular weight excluding hydrogens is 502 g/mol. The summed E-state index contributed by atoms with van der Waals surface area (Å²) in [6, 6.07) is 8.72. The Morgan fingerprint density at radius 3 is 2.50 bits per heavy atom. The number of carbonyl (C=O) groups excluding carboxylic acids is 1. The highest BCUT2D eigenvalue weighted by molar-refractivity contribution is 7.89. The predicted octanol–water partition coefficient (Wildman–Crippen LogP) is 4.88. The molecule has 4 rings (SSSR count). The zero-order valence-corrected chi connectivity index (χ0v) is 19.2. The lowest BCUT2D eigenvalue weighted by Crippen LogP contribution is -2.30. The third-order valence-corrected chi connectivity index (χ3v) is 5.71. The Kier molecular flexibility index (Phi) is 5.85. The molecule has 2 heterocycles. The van der Waals surface area contributed by atoms with Crippen molar-refractivity contribution in [1.82, 2.24) is 19.5 Å². The van der Waals surface area contributed by atoms with Gasteiger partial charge in [0.25, 0.3) is 5.91 Å². The fraction of sp³-hybridized carbons (Fsp3) is 0.0500. The summed E-state index contributed by atoms with van der Waals surface area (Å²) >= 11 is 18.6. The Balaban J connectivity index is 1.91. The highest BCUT2D eigenvalue weighted by atomic mass is 35.5. The number of hydrogen-bond acceptors (Lipinski definition) is 5. The van der Waals surface area contributed by atoms with Gasteiger partial charge >= 0.3 is 0 Å². The minimum absolute atomic E-state index is 0.0276. The fourth-order valence-corrected chi connectivity index (χ4v) is 4.16. The molecule has 12 heteroatoms. The van der Waals surface area contributed by atoms with E-state index >= 15 is 0 Å². The summed E-state index contributed by atoms with van der Waals surface area (Å²) in [7, 11) is -3.88. The van der Waals surface area contributed by atoms with Crippen molar-refractivity contribution in [3.05, 3.63) is 75.2 Å². The topological polar surface area (TPSA) is 94.0 Å². The van der Waals surface area contributed by atoms with Crippen LogP contribution in [0.3, 0.4) is 0 Å². The van der Waals surface area contributed by atoms with Gasteiger partial charge in [0.2, 0.25) is 10.0 Å². The molecule has 0 fully saturated rings. The van der Waals surface area contributed by atoms with Crippen LogP contribution >= 0.6 is 34.8 Å². The average Bonchev–Trinajstić information content (AvgIpc) is 3.06. The van der Waals surface area contributed by atoms with Crippen molar-refractivity contribution in [2.45, 2.75) is 0 Å². The summed E-state index contributed by atoms with van der Waals surface area (Å²) in [6.45, 7) is 0. The van der Waals surface area contributed by atoms with Crippen molar-refractivity contribution in [3.8, 4) is 16.9 Å². The van der Waals surface area contributed by atoms with Gasteiger partial charge in [-0.05, 0) is 30.3 Å². The maximum atomic E-state index is 14.8. The van der Waals surface area contributed by atoms with Gasteiger partial charge in [0.05, 0.1) is 33.1 Å². The van der Waals surface area contributed by atoms with E-state index in [0.29, 0.717) is 32.2 Å². The first kappa shape index (κ1) is 22.5. The van der Waals surface area contributed by atoms with Crippen LogP contribution in [0.4, 0.5) is 4.39 Å². The highest BCUT2D eigenvalue weighted by Gasteiger charge is 2.21. The van der Waals surface area contributed by atoms with Gasteiger partial charge in [0, 0.05) is 34.4 Å². The molecular formula is C20H12Cl3FN4O3S. The van der Waals surface area contributed by atoms with Crippen molar-refractivity contribution in [1.29, 1.82) is 0 Å². The summed E-state index contributed by atoms with van der Waals surface area (Å²) in [5.41, 5.74) is 1.24. The van der Waals surface area contributed by atoms with Gasteiger partial charge in [-0.15, -0.1) is 0 Å². The van der Waals surface area contributed by atoms with Crippen molar-refractivity contribution in [2.24, 2.45) is 0 Å². The lowest BCUT2D eigenvalue weighted by molar-refractivity contribution is 0.0978. The van der Waals surface area contributed by atoms with Gasteiger partial charge < -0.3 is 0 Å². The van der Waals surface area contributed by atoms with Crippen LogP contribution in [0.1, 0.15) is 10.4 Å². The summed E-state index contributed by atoms with van der Waals surface area (Å²) < 4.78 is 40.5. The van der Waals surface area contributed by atoms with Gasteiger partial charge in [0.15, 0.2) is 0 Å². The molecule has 0 aliphatic carbocycles. The molecule has 2 aromatic heterocycles. The zero-order valence-electron chi connectivity index (χ0n) is 16.1. The normalized spacial score (nSPS) is 11.7. The van der Waals surface area contributed by atoms with Crippen molar-refractivity contribution in [3.63, 3.8) is 0 Å². The molecule has 0 atom stereocenters. The molecule has 1 N–H and O–H groups in total. The van der Waals surface area contributed by atoms with E-state index in [4.69, 9.17) is 34.8 Å². The number of carbonyl (C=O) groups is 1. The van der Waals surface area contributed by atoms with Crippen LogP contribution in [0, 0.1) is 5.82 Å². The van der Waals surface area contributed by atoms with E-state index in [9.17, 15) is 17.6 Å². The second-order valence-electron chi connectivity index (χ2n) is 6.80. The highest BCUT2D eigenvalue weighted by Crippen LogP contribution is 2.34. The number of benzene rings is 2. The Morgan fingerprint density at radius 2 is 1.81 bits per heavy atom. The van der Waals surface area contributed by atoms with E-state index in [1.807, 2.05) is 0 Å². The Bertz CT molecular complexity index is 1510. The summed E-state index contributed by atoms with van der Waals surface area (Å²) in [5.74, 6) is -2.12. The van der Waals surface area contributed by atoms with E-state index in [-0.39, 0.29) is 10.7 Å². The molecule has 32 heavy (non-hydrogen) atoms. The van der Waals surface area contributed by atoms with Gasteiger partial charge in [-0.25, -0.2) is 22.2 Å². The van der Waals surface area contributed by atoms with Crippen LogP contribution in [-0.2, 0) is 10.0 Å². The minimum atomic E-state index is -3.88. The first-order valence-electron chi connectivity index (χ1n) is 8.84. The molecule has 164 valence electrons. The van der Waals surface area contributed by atoms with E-state index in [1.165, 1.54) is 10.9 Å². The van der Waals surface area contributed by atoms with Crippen LogP contribution in [0.15, 0.2) is 48.8 Å². The van der Waals surface area contributed by atoms with Crippen LogP contribution in [0.2, 0.25) is 15.1 Å². The number of sulfonamides is 1. The summed E-state index contributed by atoms with van der Waals surface area (Å²) in [4.78, 5) is 16.2. The van der Waals surface area contributed by atoms with E-state index in [2.05, 4.69) is 10.1 Å². The molecule has 0 aliphatic heterocycles. The molecule has 0 aliphatic rings. The molecule has 1 amide bonds. The first-order valence-corrected chi connectivity index (χ1v) is 11.9. The average molecular weight is 514 g/mol. The molecule has 0 unspecified atom stereocenters. The van der Waals surface area contributed by atoms with Crippen LogP contribution in [0.5, 0.6) is 0 Å². The van der Waals surface area contributed by atoms with Gasteiger partial charge in [-0.3, -0.25) is 9.78 Å². The molecule has 4 aromatic rings. The maximum Gasteiger partial charge on any atom is 0.267 e. The molecule has 0 bridgehead atoms. The molecule has 0 radical (unpaired) electrons. The first-order chi connectivity index (χ1) is 15.0. The Hall–Kier alpha value is -2.72. The molecule has 2 aromatic carbocycles. The van der Waals surface area contributed by atoms with Gasteiger partial charge in [-0.2, -0.15) is 5.10 Å². The third kappa shape index (κ3) is 4.42. The maximum absolute atomic E-state index is 14.8. The molecule has 7 nitrogen and oxygen atoms in total. The van der Waals surface area contributed by atoms with E-state index in [1.54, 1.807) is 35.2 Å². The predicted molar refractivity (Wildman–Crippen MR) is 122 cm³/mol. The van der Waals surface area contributed by atoms with Crippen molar-refractivity contribution < 1.29 is 17.6 Å². The minimum Gasteiger partial charge on any atom is -0.268 e. The number of hydrogen-bond donors (Lipinski definition) is 1. The van der Waals surface area contributed by atoms with E-state index < -0.39 is 27.3 Å². The number of fused-ring (bicyclic) bond motifs is 1. The number of amides is 1. The number of pyridine rings is 1. The number of nitrogens with zero attached hydrogens (tertiary/aromatic N) is 3. The monoisotopic (exact) mass is 512 g/mol. The van der Waals surface area contributed by atoms with Crippen molar-refractivity contribution in [2.75, 3.05) is 6.26 Å². The number of halogens is 4. The van der Waals surface area contributed by atoms with Gasteiger partial charge in [-0.1, -0.05) is 34.8 Å². The van der Waals surface area contributed by atoms with E-state index in [0.717, 1.165) is 18.4 Å². The smallest absolute Gasteiger partial charge is 0.267 e. The molecule has 0 spiro atoms. The second-order valence-corrected chi connectivity index (χ2v) is 9.83. The van der Waals surface area contributed by atoms with Gasteiger partial charge in [0.1, 0.15) is 11.5 Å². The standard InChI is InChI=1S/C20H12Cl3FN4O3S/c1-32(30,31)27-20(29)13-6-15(23)18(7-16(13)24)28-17-3-2-11(21)5-14(17)19(26-28)10-4-12(22)9-25-8-10/h2-9H,1H3,(H,27,29). The zero-order chi connectivity index (χ0) is 23.2. The Morgan fingerprint density at radius 1 is 1.06 bits per heavy atom. The number of nitrogens with one attached hydrogen (secondary N) is 1. The van der Waals surface area contributed by atoms with Crippen LogP contribution in [-0.4, -0.2) is 35.3 Å². The molecule has 0 saturated carbocycles. The summed E-state index contributed by atoms with van der Waals surface area (Å²) in [6.07, 6.45) is 3.83.